The lowest BCUT2D eigenvalue weighted by Crippen LogP contribution is -2.44. The fraction of sp³-hybridized carbons (Fsp3) is 0.900. The van der Waals surface area contributed by atoms with Gasteiger partial charge >= 0.3 is 0 Å². The number of hydrogen-bond acceptors (Lipinski definition) is 2. The van der Waals surface area contributed by atoms with E-state index in [2.05, 4.69) is 10.2 Å². The van der Waals surface area contributed by atoms with Crippen molar-refractivity contribution in [2.45, 2.75) is 44.7 Å². The molecule has 0 aromatic rings. The molecule has 2 atom stereocenters. The summed E-state index contributed by atoms with van der Waals surface area (Å²) in [5.74, 6) is 0.251. The predicted molar refractivity (Wildman–Crippen MR) is 51.4 cm³/mol. The first-order chi connectivity index (χ1) is 6.29. The molecule has 0 aliphatic carbocycles. The van der Waals surface area contributed by atoms with E-state index in [0.29, 0.717) is 12.1 Å². The highest BCUT2D eigenvalue weighted by Crippen LogP contribution is 2.23. The Bertz CT molecular complexity index is 205. The third-order valence-corrected chi connectivity index (χ3v) is 3.28. The van der Waals surface area contributed by atoms with Gasteiger partial charge in [-0.1, -0.05) is 6.42 Å². The number of rotatable bonds is 0. The van der Waals surface area contributed by atoms with E-state index in [0.717, 1.165) is 19.5 Å². The molecule has 0 saturated carbocycles. The molecule has 2 aliphatic heterocycles. The second-order valence-corrected chi connectivity index (χ2v) is 4.12. The van der Waals surface area contributed by atoms with Crippen molar-refractivity contribution in [3.05, 3.63) is 0 Å². The van der Waals surface area contributed by atoms with Crippen molar-refractivity contribution in [3.63, 3.8) is 0 Å². The molecule has 1 N–H and O–H groups in total. The summed E-state index contributed by atoms with van der Waals surface area (Å²) in [4.78, 5) is 13.5. The van der Waals surface area contributed by atoms with Gasteiger partial charge in [-0.3, -0.25) is 4.79 Å². The standard InChI is InChI=1S/C10H18N2O/c1-8(13)12-7-3-2-4-9-10(12)5-6-11-9/h9-11H,2-7H2,1H3/t9-,10-/m1/s1. The Hall–Kier alpha value is -0.570. The van der Waals surface area contributed by atoms with Crippen molar-refractivity contribution < 1.29 is 4.79 Å². The smallest absolute Gasteiger partial charge is 0.219 e. The molecule has 2 fully saturated rings. The number of hydrogen-bond donors (Lipinski definition) is 1. The second kappa shape index (κ2) is 3.66. The first-order valence-corrected chi connectivity index (χ1v) is 5.29. The fourth-order valence-corrected chi connectivity index (χ4v) is 2.62. The van der Waals surface area contributed by atoms with E-state index in [9.17, 15) is 4.79 Å². The van der Waals surface area contributed by atoms with Crippen LogP contribution in [0.15, 0.2) is 0 Å². The normalized spacial score (nSPS) is 34.1. The van der Waals surface area contributed by atoms with Crippen LogP contribution in [0.1, 0.15) is 32.6 Å². The Labute approximate surface area is 79.5 Å². The molecule has 0 aromatic heterocycles. The number of carbonyl (C=O) groups is 1. The fourth-order valence-electron chi connectivity index (χ4n) is 2.62. The van der Waals surface area contributed by atoms with E-state index in [1.807, 2.05) is 0 Å². The summed E-state index contributed by atoms with van der Waals surface area (Å²) in [7, 11) is 0. The minimum Gasteiger partial charge on any atom is -0.338 e. The van der Waals surface area contributed by atoms with Crippen LogP contribution < -0.4 is 5.32 Å². The predicted octanol–water partition coefficient (Wildman–Crippen LogP) is 0.749. The van der Waals surface area contributed by atoms with Crippen LogP contribution in [0.3, 0.4) is 0 Å². The van der Waals surface area contributed by atoms with Crippen LogP contribution >= 0.6 is 0 Å². The Morgan fingerprint density at radius 1 is 1.38 bits per heavy atom. The molecule has 13 heavy (non-hydrogen) atoms. The molecular formula is C10H18N2O. The maximum atomic E-state index is 11.4. The lowest BCUT2D eigenvalue weighted by atomic mass is 10.1. The van der Waals surface area contributed by atoms with Gasteiger partial charge in [-0.2, -0.15) is 0 Å². The number of nitrogens with one attached hydrogen (secondary N) is 1. The van der Waals surface area contributed by atoms with Crippen LogP contribution in [0, 0.1) is 0 Å². The van der Waals surface area contributed by atoms with Gasteiger partial charge in [0.15, 0.2) is 0 Å². The van der Waals surface area contributed by atoms with Crippen LogP contribution in [-0.4, -0.2) is 36.0 Å². The molecule has 3 heteroatoms. The molecule has 2 saturated heterocycles. The highest BCUT2D eigenvalue weighted by atomic mass is 16.2. The summed E-state index contributed by atoms with van der Waals surface area (Å²) in [5.41, 5.74) is 0. The minimum atomic E-state index is 0.251. The zero-order chi connectivity index (χ0) is 9.26. The van der Waals surface area contributed by atoms with Crippen molar-refractivity contribution in [2.24, 2.45) is 0 Å². The van der Waals surface area contributed by atoms with E-state index < -0.39 is 0 Å². The topological polar surface area (TPSA) is 32.3 Å². The van der Waals surface area contributed by atoms with Crippen molar-refractivity contribution in [1.82, 2.24) is 10.2 Å². The first kappa shape index (κ1) is 9.00. The van der Waals surface area contributed by atoms with Crippen LogP contribution in [-0.2, 0) is 4.79 Å². The summed E-state index contributed by atoms with van der Waals surface area (Å²) in [6, 6.07) is 1.06. The summed E-state index contributed by atoms with van der Waals surface area (Å²) in [5, 5.41) is 3.49. The highest BCUT2D eigenvalue weighted by Gasteiger charge is 2.34. The SMILES string of the molecule is CC(=O)N1CCCC[C@H]2NCC[C@H]21. The third-order valence-electron chi connectivity index (χ3n) is 3.28. The van der Waals surface area contributed by atoms with Gasteiger partial charge in [0.1, 0.15) is 0 Å². The van der Waals surface area contributed by atoms with Gasteiger partial charge in [0.25, 0.3) is 0 Å². The van der Waals surface area contributed by atoms with Crippen molar-refractivity contribution >= 4 is 5.91 Å². The zero-order valence-electron chi connectivity index (χ0n) is 8.25. The Kier molecular flexibility index (Phi) is 2.54. The van der Waals surface area contributed by atoms with Gasteiger partial charge in [0.2, 0.25) is 5.91 Å². The third kappa shape index (κ3) is 1.70. The Morgan fingerprint density at radius 2 is 2.23 bits per heavy atom. The molecule has 2 rings (SSSR count). The molecule has 0 aromatic carbocycles. The molecule has 0 bridgehead atoms. The largest absolute Gasteiger partial charge is 0.338 e. The number of amides is 1. The molecule has 74 valence electrons. The molecule has 1 amide bonds. The molecule has 0 radical (unpaired) electrons. The first-order valence-electron chi connectivity index (χ1n) is 5.29. The number of likely N-dealkylation sites (tertiary alicyclic amines) is 1. The van der Waals surface area contributed by atoms with Gasteiger partial charge in [-0.05, 0) is 25.8 Å². The quantitative estimate of drug-likeness (QED) is 0.599. The van der Waals surface area contributed by atoms with E-state index >= 15 is 0 Å². The van der Waals surface area contributed by atoms with Gasteiger partial charge in [0, 0.05) is 25.6 Å². The molecule has 0 unspecified atom stereocenters. The average molecular weight is 182 g/mol. The van der Waals surface area contributed by atoms with E-state index in [1.54, 1.807) is 6.92 Å². The molecular weight excluding hydrogens is 164 g/mol. The van der Waals surface area contributed by atoms with E-state index in [-0.39, 0.29) is 5.91 Å². The Morgan fingerprint density at radius 3 is 3.00 bits per heavy atom. The van der Waals surface area contributed by atoms with Crippen molar-refractivity contribution in [1.29, 1.82) is 0 Å². The number of fused-ring (bicyclic) bond motifs is 1. The molecule has 2 aliphatic rings. The van der Waals surface area contributed by atoms with Crippen molar-refractivity contribution in [2.75, 3.05) is 13.1 Å². The number of carbonyl (C=O) groups excluding carboxylic acids is 1. The molecule has 3 nitrogen and oxygen atoms in total. The van der Waals surface area contributed by atoms with Crippen molar-refractivity contribution in [3.8, 4) is 0 Å². The minimum absolute atomic E-state index is 0.251. The van der Waals surface area contributed by atoms with Gasteiger partial charge in [-0.15, -0.1) is 0 Å². The summed E-state index contributed by atoms with van der Waals surface area (Å²) in [6.45, 7) is 3.75. The van der Waals surface area contributed by atoms with Crippen LogP contribution in [0.4, 0.5) is 0 Å². The average Bonchev–Trinajstić information content (AvgIpc) is 2.44. The lowest BCUT2D eigenvalue weighted by Gasteiger charge is -2.29. The van der Waals surface area contributed by atoms with Gasteiger partial charge in [0.05, 0.1) is 0 Å². The summed E-state index contributed by atoms with van der Waals surface area (Å²) in [6.07, 6.45) is 4.82. The molecule has 0 spiro atoms. The maximum Gasteiger partial charge on any atom is 0.219 e. The molecule has 2 heterocycles. The monoisotopic (exact) mass is 182 g/mol. The highest BCUT2D eigenvalue weighted by molar-refractivity contribution is 5.73. The van der Waals surface area contributed by atoms with Crippen LogP contribution in [0.2, 0.25) is 0 Å². The number of nitrogens with zero attached hydrogens (tertiary/aromatic N) is 1. The van der Waals surface area contributed by atoms with E-state index in [4.69, 9.17) is 0 Å². The summed E-state index contributed by atoms with van der Waals surface area (Å²) < 4.78 is 0. The van der Waals surface area contributed by atoms with Gasteiger partial charge in [-0.25, -0.2) is 0 Å². The van der Waals surface area contributed by atoms with Crippen LogP contribution in [0.5, 0.6) is 0 Å². The lowest BCUT2D eigenvalue weighted by molar-refractivity contribution is -0.131. The van der Waals surface area contributed by atoms with Crippen LogP contribution in [0.25, 0.3) is 0 Å². The summed E-state index contributed by atoms with van der Waals surface area (Å²) >= 11 is 0. The van der Waals surface area contributed by atoms with Gasteiger partial charge < -0.3 is 10.2 Å². The van der Waals surface area contributed by atoms with E-state index in [1.165, 1.54) is 19.3 Å². The Balaban J connectivity index is 2.10. The maximum absolute atomic E-state index is 11.4. The zero-order valence-corrected chi connectivity index (χ0v) is 8.25. The second-order valence-electron chi connectivity index (χ2n) is 4.12.